The molecule has 0 atom stereocenters. The van der Waals surface area contributed by atoms with Crippen LogP contribution in [0.1, 0.15) is 15.9 Å². The molecule has 0 unspecified atom stereocenters. The van der Waals surface area contributed by atoms with Gasteiger partial charge in [-0.2, -0.15) is 0 Å². The zero-order valence-corrected chi connectivity index (χ0v) is 16.4. The maximum Gasteiger partial charge on any atom is 0.257 e. The van der Waals surface area contributed by atoms with E-state index in [4.69, 9.17) is 0 Å². The van der Waals surface area contributed by atoms with Crippen molar-refractivity contribution in [1.29, 1.82) is 0 Å². The lowest BCUT2D eigenvalue weighted by Crippen LogP contribution is -2.18. The van der Waals surface area contributed by atoms with Crippen LogP contribution in [-0.2, 0) is 6.54 Å². The first-order valence-electron chi connectivity index (χ1n) is 9.42. The lowest BCUT2D eigenvalue weighted by atomic mass is 10.1. The van der Waals surface area contributed by atoms with Crippen molar-refractivity contribution in [3.8, 4) is 0 Å². The van der Waals surface area contributed by atoms with Crippen LogP contribution in [0, 0.1) is 6.92 Å². The molecule has 142 valence electrons. The number of pyridine rings is 1. The highest BCUT2D eigenvalue weighted by Gasteiger charge is 2.16. The number of para-hydroxylation sites is 1. The number of hydrogen-bond acceptors (Lipinski definition) is 3. The molecule has 0 bridgehead atoms. The van der Waals surface area contributed by atoms with E-state index in [2.05, 4.69) is 46.0 Å². The maximum absolute atomic E-state index is 13.2. The van der Waals surface area contributed by atoms with E-state index >= 15 is 0 Å². The summed E-state index contributed by atoms with van der Waals surface area (Å²) in [5.41, 5.74) is 4.38. The van der Waals surface area contributed by atoms with Crippen LogP contribution in [0.15, 0.2) is 60.9 Å². The third-order valence-electron chi connectivity index (χ3n) is 4.92. The van der Waals surface area contributed by atoms with Crippen LogP contribution in [0.4, 0.5) is 5.69 Å². The molecule has 4 aromatic rings. The van der Waals surface area contributed by atoms with E-state index in [9.17, 15) is 4.79 Å². The number of nitrogens with one attached hydrogen (secondary N) is 1. The van der Waals surface area contributed by atoms with Crippen molar-refractivity contribution in [2.24, 2.45) is 0 Å². The van der Waals surface area contributed by atoms with Crippen molar-refractivity contribution in [2.75, 3.05) is 26.0 Å². The first kappa shape index (κ1) is 18.2. The van der Waals surface area contributed by atoms with Gasteiger partial charge >= 0.3 is 0 Å². The summed E-state index contributed by atoms with van der Waals surface area (Å²) >= 11 is 0. The van der Waals surface area contributed by atoms with Crippen LogP contribution in [0.2, 0.25) is 0 Å². The molecule has 0 aliphatic rings. The minimum atomic E-state index is -0.114. The Kier molecular flexibility index (Phi) is 4.84. The molecule has 0 saturated heterocycles. The summed E-state index contributed by atoms with van der Waals surface area (Å²) in [7, 11) is 4.10. The van der Waals surface area contributed by atoms with E-state index in [0.717, 1.165) is 46.1 Å². The Morgan fingerprint density at radius 1 is 1.14 bits per heavy atom. The van der Waals surface area contributed by atoms with Crippen LogP contribution in [0.25, 0.3) is 21.8 Å². The minimum absolute atomic E-state index is 0.114. The fourth-order valence-corrected chi connectivity index (χ4v) is 3.55. The van der Waals surface area contributed by atoms with Crippen molar-refractivity contribution >= 4 is 33.4 Å². The minimum Gasteiger partial charge on any atom is -0.345 e. The molecule has 1 N–H and O–H groups in total. The molecule has 28 heavy (non-hydrogen) atoms. The topological polar surface area (TPSA) is 50.2 Å². The normalized spacial score (nSPS) is 11.4. The maximum atomic E-state index is 13.2. The lowest BCUT2D eigenvalue weighted by molar-refractivity contribution is 0.102. The highest BCUT2D eigenvalue weighted by Crippen LogP contribution is 2.26. The number of benzene rings is 2. The van der Waals surface area contributed by atoms with E-state index in [1.54, 1.807) is 6.20 Å². The van der Waals surface area contributed by atoms with Gasteiger partial charge in [-0.1, -0.05) is 24.3 Å². The van der Waals surface area contributed by atoms with Crippen LogP contribution >= 0.6 is 0 Å². The van der Waals surface area contributed by atoms with Crippen molar-refractivity contribution in [3.05, 3.63) is 72.1 Å². The Balaban J connectivity index is 1.72. The quantitative estimate of drug-likeness (QED) is 0.568. The molecule has 2 aromatic heterocycles. The number of anilines is 1. The predicted molar refractivity (Wildman–Crippen MR) is 115 cm³/mol. The molecule has 0 saturated carbocycles. The van der Waals surface area contributed by atoms with Crippen LogP contribution in [-0.4, -0.2) is 41.0 Å². The second-order valence-electron chi connectivity index (χ2n) is 7.40. The lowest BCUT2D eigenvalue weighted by Gasteiger charge is -2.11. The molecule has 0 radical (unpaired) electrons. The molecule has 2 heterocycles. The number of amides is 1. The van der Waals surface area contributed by atoms with Crippen molar-refractivity contribution in [3.63, 3.8) is 0 Å². The number of carbonyl (C=O) groups excluding carboxylic acids is 1. The molecular weight excluding hydrogens is 348 g/mol. The third-order valence-corrected chi connectivity index (χ3v) is 4.92. The fourth-order valence-electron chi connectivity index (χ4n) is 3.55. The summed E-state index contributed by atoms with van der Waals surface area (Å²) in [4.78, 5) is 19.8. The van der Waals surface area contributed by atoms with E-state index in [-0.39, 0.29) is 5.91 Å². The van der Waals surface area contributed by atoms with Crippen molar-refractivity contribution in [2.45, 2.75) is 13.5 Å². The molecule has 1 amide bonds. The van der Waals surface area contributed by atoms with E-state index in [1.165, 1.54) is 0 Å². The second-order valence-corrected chi connectivity index (χ2v) is 7.40. The fraction of sp³-hybridized carbons (Fsp3) is 0.217. The molecule has 5 heteroatoms. The number of hydrogen-bond donors (Lipinski definition) is 1. The second kappa shape index (κ2) is 7.44. The van der Waals surface area contributed by atoms with Crippen molar-refractivity contribution < 1.29 is 4.79 Å². The first-order valence-corrected chi connectivity index (χ1v) is 9.42. The third kappa shape index (κ3) is 3.49. The first-order chi connectivity index (χ1) is 13.5. The molecule has 0 aliphatic carbocycles. The zero-order valence-electron chi connectivity index (χ0n) is 16.4. The summed E-state index contributed by atoms with van der Waals surface area (Å²) in [6, 6.07) is 16.0. The van der Waals surface area contributed by atoms with Gasteiger partial charge in [0.05, 0.1) is 16.8 Å². The van der Waals surface area contributed by atoms with Gasteiger partial charge in [0.25, 0.3) is 5.91 Å². The standard InChI is InChI=1S/C23H24N4O/c1-16-13-17-7-6-10-24-22(17)20(14-16)25-23(28)19-15-27(12-11-26(2)3)21-9-5-4-8-18(19)21/h4-10,13-15H,11-12H2,1-3H3,(H,25,28). The van der Waals surface area contributed by atoms with Crippen LogP contribution in [0.5, 0.6) is 0 Å². The predicted octanol–water partition coefficient (Wildman–Crippen LogP) is 4.31. The Labute approximate surface area is 164 Å². The van der Waals surface area contributed by atoms with Gasteiger partial charge in [0, 0.05) is 41.8 Å². The monoisotopic (exact) mass is 372 g/mol. The molecular formula is C23H24N4O. The molecule has 0 fully saturated rings. The van der Waals surface area contributed by atoms with Gasteiger partial charge in [0.2, 0.25) is 0 Å². The van der Waals surface area contributed by atoms with Gasteiger partial charge in [0.15, 0.2) is 0 Å². The Morgan fingerprint density at radius 2 is 1.96 bits per heavy atom. The summed E-state index contributed by atoms with van der Waals surface area (Å²) in [5.74, 6) is -0.114. The Morgan fingerprint density at radius 3 is 2.79 bits per heavy atom. The van der Waals surface area contributed by atoms with Crippen LogP contribution < -0.4 is 5.32 Å². The number of fused-ring (bicyclic) bond motifs is 2. The number of likely N-dealkylation sites (N-methyl/N-ethyl adjacent to an activating group) is 1. The SMILES string of the molecule is Cc1cc(NC(=O)c2cn(CCN(C)C)c3ccccc23)c2ncccc2c1. The number of aromatic nitrogens is 2. The largest absolute Gasteiger partial charge is 0.345 e. The van der Waals surface area contributed by atoms with Gasteiger partial charge in [-0.05, 0) is 50.8 Å². The molecule has 5 nitrogen and oxygen atoms in total. The molecule has 0 aliphatic heterocycles. The van der Waals surface area contributed by atoms with Crippen LogP contribution in [0.3, 0.4) is 0 Å². The average molecular weight is 372 g/mol. The number of carbonyl (C=O) groups is 1. The van der Waals surface area contributed by atoms with Gasteiger partial charge in [0.1, 0.15) is 0 Å². The average Bonchev–Trinajstić information content (AvgIpc) is 3.05. The highest BCUT2D eigenvalue weighted by molar-refractivity contribution is 6.15. The Bertz CT molecular complexity index is 1160. The van der Waals surface area contributed by atoms with Gasteiger partial charge in [-0.25, -0.2) is 0 Å². The van der Waals surface area contributed by atoms with Crippen molar-refractivity contribution in [1.82, 2.24) is 14.5 Å². The van der Waals surface area contributed by atoms with Gasteiger partial charge in [-0.3, -0.25) is 9.78 Å². The zero-order chi connectivity index (χ0) is 19.7. The van der Waals surface area contributed by atoms with E-state index in [0.29, 0.717) is 5.56 Å². The number of rotatable bonds is 5. The van der Waals surface area contributed by atoms with E-state index < -0.39 is 0 Å². The molecule has 0 spiro atoms. The number of aryl methyl sites for hydroxylation is 1. The highest BCUT2D eigenvalue weighted by atomic mass is 16.1. The molecule has 4 rings (SSSR count). The van der Waals surface area contributed by atoms with Gasteiger partial charge in [-0.15, -0.1) is 0 Å². The summed E-state index contributed by atoms with van der Waals surface area (Å²) < 4.78 is 2.15. The van der Waals surface area contributed by atoms with Gasteiger partial charge < -0.3 is 14.8 Å². The van der Waals surface area contributed by atoms with E-state index in [1.807, 2.05) is 49.5 Å². The number of nitrogens with zero attached hydrogens (tertiary/aromatic N) is 3. The smallest absolute Gasteiger partial charge is 0.257 e. The summed E-state index contributed by atoms with van der Waals surface area (Å²) in [6.45, 7) is 3.76. The molecule has 2 aromatic carbocycles. The Hall–Kier alpha value is -3.18. The summed E-state index contributed by atoms with van der Waals surface area (Å²) in [6.07, 6.45) is 3.70. The summed E-state index contributed by atoms with van der Waals surface area (Å²) in [5, 5.41) is 5.07.